The van der Waals surface area contributed by atoms with Crippen molar-refractivity contribution in [1.29, 1.82) is 0 Å². The number of carbonyl (C=O) groups is 2. The van der Waals surface area contributed by atoms with Gasteiger partial charge in [-0.05, 0) is 43.7 Å². The summed E-state index contributed by atoms with van der Waals surface area (Å²) in [4.78, 5) is 24.1. The van der Waals surface area contributed by atoms with E-state index in [0.29, 0.717) is 5.75 Å². The molecule has 0 aromatic heterocycles. The maximum atomic E-state index is 12.2. The van der Waals surface area contributed by atoms with Crippen molar-refractivity contribution in [3.8, 4) is 11.5 Å². The Morgan fingerprint density at radius 2 is 1.59 bits per heavy atom. The SMILES string of the molecule is COc1ccc(OCCC(=O)OC(C)C(=O)NC(C)c2ccccc2)cc1. The summed E-state index contributed by atoms with van der Waals surface area (Å²) in [7, 11) is 1.59. The van der Waals surface area contributed by atoms with Gasteiger partial charge in [-0.3, -0.25) is 9.59 Å². The van der Waals surface area contributed by atoms with Crippen LogP contribution < -0.4 is 14.8 Å². The summed E-state index contributed by atoms with van der Waals surface area (Å²) in [5.41, 5.74) is 0.984. The van der Waals surface area contributed by atoms with Gasteiger partial charge in [0.1, 0.15) is 11.5 Å². The normalized spacial score (nSPS) is 12.6. The van der Waals surface area contributed by atoms with Gasteiger partial charge in [-0.1, -0.05) is 30.3 Å². The molecular formula is C21H25NO5. The highest BCUT2D eigenvalue weighted by molar-refractivity contribution is 5.83. The summed E-state index contributed by atoms with van der Waals surface area (Å²) in [5, 5.41) is 2.83. The summed E-state index contributed by atoms with van der Waals surface area (Å²) in [5.74, 6) is 0.534. The lowest BCUT2D eigenvalue weighted by Crippen LogP contribution is -2.37. The van der Waals surface area contributed by atoms with Crippen LogP contribution in [0.15, 0.2) is 54.6 Å². The summed E-state index contributed by atoms with van der Waals surface area (Å²) in [6.07, 6.45) is -0.817. The molecule has 0 fully saturated rings. The van der Waals surface area contributed by atoms with Gasteiger partial charge in [0.25, 0.3) is 5.91 Å². The van der Waals surface area contributed by atoms with E-state index in [9.17, 15) is 9.59 Å². The van der Waals surface area contributed by atoms with Crippen LogP contribution in [0.2, 0.25) is 0 Å². The largest absolute Gasteiger partial charge is 0.497 e. The van der Waals surface area contributed by atoms with Gasteiger partial charge >= 0.3 is 5.97 Å². The molecular weight excluding hydrogens is 346 g/mol. The van der Waals surface area contributed by atoms with Gasteiger partial charge in [0.05, 0.1) is 26.2 Å². The minimum atomic E-state index is -0.871. The molecule has 0 bridgehead atoms. The molecule has 2 aromatic rings. The minimum absolute atomic E-state index is 0.0535. The van der Waals surface area contributed by atoms with E-state index < -0.39 is 12.1 Å². The topological polar surface area (TPSA) is 73.9 Å². The molecule has 144 valence electrons. The molecule has 0 spiro atoms. The fourth-order valence-electron chi connectivity index (χ4n) is 2.39. The van der Waals surface area contributed by atoms with E-state index in [1.807, 2.05) is 37.3 Å². The Kier molecular flexibility index (Phi) is 7.67. The van der Waals surface area contributed by atoms with Crippen LogP contribution >= 0.6 is 0 Å². The summed E-state index contributed by atoms with van der Waals surface area (Å²) in [6, 6.07) is 16.5. The van der Waals surface area contributed by atoms with Crippen LogP contribution in [0.4, 0.5) is 0 Å². The smallest absolute Gasteiger partial charge is 0.310 e. The fourth-order valence-corrected chi connectivity index (χ4v) is 2.39. The molecule has 0 heterocycles. The lowest BCUT2D eigenvalue weighted by molar-refractivity contribution is -0.155. The molecule has 0 radical (unpaired) electrons. The summed E-state index contributed by atoms with van der Waals surface area (Å²) in [6.45, 7) is 3.60. The zero-order chi connectivity index (χ0) is 19.6. The summed E-state index contributed by atoms with van der Waals surface area (Å²) < 4.78 is 15.7. The predicted molar refractivity (Wildman–Crippen MR) is 102 cm³/mol. The molecule has 2 rings (SSSR count). The van der Waals surface area contributed by atoms with E-state index in [0.717, 1.165) is 11.3 Å². The average Bonchev–Trinajstić information content (AvgIpc) is 2.69. The standard InChI is InChI=1S/C21H25NO5/c1-15(17-7-5-4-6-8-17)22-21(24)16(2)27-20(23)13-14-26-19-11-9-18(25-3)10-12-19/h4-12,15-16H,13-14H2,1-3H3,(H,22,24). The van der Waals surface area contributed by atoms with Crippen LogP contribution in [0.1, 0.15) is 31.9 Å². The maximum absolute atomic E-state index is 12.2. The van der Waals surface area contributed by atoms with Crippen LogP contribution in [0.25, 0.3) is 0 Å². The van der Waals surface area contributed by atoms with Gasteiger partial charge in [0.15, 0.2) is 6.10 Å². The Bertz CT molecular complexity index is 730. The number of amides is 1. The van der Waals surface area contributed by atoms with E-state index >= 15 is 0 Å². The van der Waals surface area contributed by atoms with Gasteiger partial charge < -0.3 is 19.5 Å². The predicted octanol–water partition coefficient (Wildman–Crippen LogP) is 3.27. The van der Waals surface area contributed by atoms with Crippen LogP contribution in [0, 0.1) is 0 Å². The van der Waals surface area contributed by atoms with Crippen molar-refractivity contribution in [2.75, 3.05) is 13.7 Å². The molecule has 1 amide bonds. The quantitative estimate of drug-likeness (QED) is 0.685. The van der Waals surface area contributed by atoms with Crippen molar-refractivity contribution in [3.63, 3.8) is 0 Å². The lowest BCUT2D eigenvalue weighted by Gasteiger charge is -2.18. The average molecular weight is 371 g/mol. The van der Waals surface area contributed by atoms with Gasteiger partial charge in [0, 0.05) is 0 Å². The van der Waals surface area contributed by atoms with Crippen LogP contribution in [-0.2, 0) is 14.3 Å². The lowest BCUT2D eigenvalue weighted by atomic mass is 10.1. The second kappa shape index (κ2) is 10.2. The van der Waals surface area contributed by atoms with Crippen LogP contribution in [-0.4, -0.2) is 31.7 Å². The highest BCUT2D eigenvalue weighted by Gasteiger charge is 2.19. The third-order valence-corrected chi connectivity index (χ3v) is 3.97. The third kappa shape index (κ3) is 6.66. The second-order valence-electron chi connectivity index (χ2n) is 6.05. The molecule has 6 nitrogen and oxygen atoms in total. The number of rotatable bonds is 9. The van der Waals surface area contributed by atoms with Gasteiger partial charge in [-0.15, -0.1) is 0 Å². The molecule has 2 atom stereocenters. The Hall–Kier alpha value is -3.02. The van der Waals surface area contributed by atoms with E-state index in [2.05, 4.69) is 5.32 Å². The molecule has 6 heteroatoms. The highest BCUT2D eigenvalue weighted by atomic mass is 16.5. The molecule has 2 aromatic carbocycles. The maximum Gasteiger partial charge on any atom is 0.310 e. The number of hydrogen-bond donors (Lipinski definition) is 1. The number of methoxy groups -OCH3 is 1. The van der Waals surface area contributed by atoms with Crippen molar-refractivity contribution in [2.24, 2.45) is 0 Å². The molecule has 0 saturated carbocycles. The van der Waals surface area contributed by atoms with Crippen LogP contribution in [0.5, 0.6) is 11.5 Å². The number of hydrogen-bond acceptors (Lipinski definition) is 5. The number of esters is 1. The molecule has 0 aliphatic heterocycles. The van der Waals surface area contributed by atoms with Crippen molar-refractivity contribution < 1.29 is 23.8 Å². The summed E-state index contributed by atoms with van der Waals surface area (Å²) >= 11 is 0. The molecule has 27 heavy (non-hydrogen) atoms. The number of nitrogens with one attached hydrogen (secondary N) is 1. The molecule has 2 unspecified atom stereocenters. The Morgan fingerprint density at radius 1 is 0.963 bits per heavy atom. The van der Waals surface area contributed by atoms with Crippen molar-refractivity contribution >= 4 is 11.9 Å². The zero-order valence-electron chi connectivity index (χ0n) is 15.8. The molecule has 0 aliphatic rings. The number of carbonyl (C=O) groups excluding carboxylic acids is 2. The first-order chi connectivity index (χ1) is 13.0. The first-order valence-electron chi connectivity index (χ1n) is 8.81. The molecule has 0 saturated heterocycles. The van der Waals surface area contributed by atoms with Gasteiger partial charge in [-0.25, -0.2) is 0 Å². The van der Waals surface area contributed by atoms with Gasteiger partial charge in [-0.2, -0.15) is 0 Å². The second-order valence-corrected chi connectivity index (χ2v) is 6.05. The molecule has 1 N–H and O–H groups in total. The number of ether oxygens (including phenoxy) is 3. The fraction of sp³-hybridized carbons (Fsp3) is 0.333. The first kappa shape index (κ1) is 20.3. The number of benzene rings is 2. The minimum Gasteiger partial charge on any atom is -0.497 e. The first-order valence-corrected chi connectivity index (χ1v) is 8.81. The molecule has 0 aliphatic carbocycles. The monoisotopic (exact) mass is 371 g/mol. The van der Waals surface area contributed by atoms with Gasteiger partial charge in [0.2, 0.25) is 0 Å². The van der Waals surface area contributed by atoms with E-state index in [1.54, 1.807) is 38.3 Å². The Morgan fingerprint density at radius 3 is 2.22 bits per heavy atom. The van der Waals surface area contributed by atoms with E-state index in [-0.39, 0.29) is 25.0 Å². The van der Waals surface area contributed by atoms with Crippen molar-refractivity contribution in [2.45, 2.75) is 32.4 Å². The van der Waals surface area contributed by atoms with Crippen molar-refractivity contribution in [1.82, 2.24) is 5.32 Å². The zero-order valence-corrected chi connectivity index (χ0v) is 15.8. The van der Waals surface area contributed by atoms with Crippen LogP contribution in [0.3, 0.4) is 0 Å². The highest BCUT2D eigenvalue weighted by Crippen LogP contribution is 2.17. The van der Waals surface area contributed by atoms with Crippen molar-refractivity contribution in [3.05, 3.63) is 60.2 Å². The van der Waals surface area contributed by atoms with E-state index in [4.69, 9.17) is 14.2 Å². The van der Waals surface area contributed by atoms with E-state index in [1.165, 1.54) is 0 Å². The third-order valence-electron chi connectivity index (χ3n) is 3.97. The Balaban J connectivity index is 1.71. The Labute approximate surface area is 159 Å².